The molecule has 0 aliphatic heterocycles. The summed E-state index contributed by atoms with van der Waals surface area (Å²) in [5, 5.41) is -0.134. The van der Waals surface area contributed by atoms with Gasteiger partial charge in [-0.3, -0.25) is 4.79 Å². The van der Waals surface area contributed by atoms with Crippen molar-refractivity contribution in [2.45, 2.75) is 37.1 Å². The second-order valence-electron chi connectivity index (χ2n) is 8.38. The Labute approximate surface area is 209 Å². The first-order chi connectivity index (χ1) is 17.4. The predicted octanol–water partition coefficient (Wildman–Crippen LogP) is 5.26. The number of aromatic nitrogens is 2. The van der Waals surface area contributed by atoms with Crippen LogP contribution in [0.4, 0.5) is 17.6 Å². The molecular formula is C25H21F4N3O4S. The fourth-order valence-electron chi connectivity index (χ4n) is 3.65. The second-order valence-corrected chi connectivity index (χ2v) is 10.3. The Kier molecular flexibility index (Phi) is 7.16. The van der Waals surface area contributed by atoms with Gasteiger partial charge in [0.1, 0.15) is 17.7 Å². The third-order valence-electron chi connectivity index (χ3n) is 5.96. The first-order valence-electron chi connectivity index (χ1n) is 11.0. The normalized spacial score (nSPS) is 13.3. The van der Waals surface area contributed by atoms with Crippen LogP contribution in [0.25, 0.3) is 22.2 Å². The second kappa shape index (κ2) is 10.0. The smallest absolute Gasteiger partial charge is 0.416 e. The van der Waals surface area contributed by atoms with E-state index < -0.39 is 38.7 Å². The zero-order valence-electron chi connectivity index (χ0n) is 19.7. The van der Waals surface area contributed by atoms with Crippen molar-refractivity contribution in [2.75, 3.05) is 7.05 Å². The van der Waals surface area contributed by atoms with Crippen molar-refractivity contribution in [2.24, 2.45) is 0 Å². The van der Waals surface area contributed by atoms with Crippen molar-refractivity contribution in [3.63, 3.8) is 0 Å². The van der Waals surface area contributed by atoms with E-state index >= 15 is 0 Å². The number of Topliss-reactive ketones (excluding diaryl/α,β-unsaturated/α-hetero) is 1. The van der Waals surface area contributed by atoms with Gasteiger partial charge in [0.25, 0.3) is 10.0 Å². The number of nitrogens with zero attached hydrogens (tertiary/aromatic N) is 3. The number of hydrogen-bond donors (Lipinski definition) is 0. The van der Waals surface area contributed by atoms with Crippen molar-refractivity contribution < 1.29 is 35.2 Å². The molecule has 0 fully saturated rings. The van der Waals surface area contributed by atoms with Crippen LogP contribution < -0.4 is 0 Å². The summed E-state index contributed by atoms with van der Waals surface area (Å²) >= 11 is 0. The molecule has 194 valence electrons. The van der Waals surface area contributed by atoms with Crippen LogP contribution in [0.3, 0.4) is 0 Å². The lowest BCUT2D eigenvalue weighted by molar-refractivity contribution is -0.137. The SMILES string of the molecule is C[C@@H](C(=O)CCc1cc(-c2ccc(C(F)(F)F)cc2)ncn1)N(C)S(=O)(=O)c1cc2cc(F)ccc2o1. The van der Waals surface area contributed by atoms with Gasteiger partial charge in [0, 0.05) is 36.2 Å². The average Bonchev–Trinajstić information content (AvgIpc) is 3.30. The molecule has 2 aromatic carbocycles. The molecule has 0 saturated heterocycles. The van der Waals surface area contributed by atoms with Crippen molar-refractivity contribution in [1.82, 2.24) is 14.3 Å². The minimum Gasteiger partial charge on any atom is -0.443 e. The van der Waals surface area contributed by atoms with Crippen LogP contribution >= 0.6 is 0 Å². The molecule has 0 aliphatic rings. The van der Waals surface area contributed by atoms with E-state index in [0.29, 0.717) is 17.0 Å². The highest BCUT2D eigenvalue weighted by atomic mass is 32.2. The summed E-state index contributed by atoms with van der Waals surface area (Å²) in [6.45, 7) is 1.44. The molecule has 0 aliphatic carbocycles. The van der Waals surface area contributed by atoms with E-state index in [1.807, 2.05) is 0 Å². The first-order valence-corrected chi connectivity index (χ1v) is 12.5. The highest BCUT2D eigenvalue weighted by molar-refractivity contribution is 7.89. The number of alkyl halides is 3. The summed E-state index contributed by atoms with van der Waals surface area (Å²) < 4.78 is 84.1. The molecule has 2 aromatic heterocycles. The number of furan rings is 1. The molecule has 1 atom stereocenters. The fraction of sp³-hybridized carbons (Fsp3) is 0.240. The number of benzene rings is 2. The van der Waals surface area contributed by atoms with Gasteiger partial charge in [-0.25, -0.2) is 22.8 Å². The van der Waals surface area contributed by atoms with Gasteiger partial charge in [-0.1, -0.05) is 12.1 Å². The maximum absolute atomic E-state index is 13.4. The van der Waals surface area contributed by atoms with Gasteiger partial charge >= 0.3 is 6.18 Å². The highest BCUT2D eigenvalue weighted by Gasteiger charge is 2.32. The Hall–Kier alpha value is -3.64. The molecule has 0 spiro atoms. The van der Waals surface area contributed by atoms with Crippen LogP contribution in [0.15, 0.2) is 70.4 Å². The molecule has 2 heterocycles. The van der Waals surface area contributed by atoms with E-state index in [0.717, 1.165) is 28.6 Å². The number of rotatable bonds is 8. The van der Waals surface area contributed by atoms with E-state index in [-0.39, 0.29) is 29.6 Å². The number of sulfonamides is 1. The molecule has 0 bridgehead atoms. The quantitative estimate of drug-likeness (QED) is 0.286. The first kappa shape index (κ1) is 26.4. The summed E-state index contributed by atoms with van der Waals surface area (Å²) in [5.74, 6) is -0.928. The van der Waals surface area contributed by atoms with Crippen molar-refractivity contribution in [1.29, 1.82) is 0 Å². The standard InChI is InChI=1S/C25H21F4N3O4S/c1-15(32(2)37(34,35)24-12-17-11-19(26)7-10-23(17)36-24)22(33)9-8-20-13-21(31-14-30-20)16-3-5-18(6-4-16)25(27,28)29/h3-7,10-15H,8-9H2,1-2H3/t15-/m0/s1. The van der Waals surface area contributed by atoms with Crippen molar-refractivity contribution in [3.05, 3.63) is 78.0 Å². The van der Waals surface area contributed by atoms with E-state index in [9.17, 15) is 30.8 Å². The third kappa shape index (κ3) is 5.70. The zero-order chi connectivity index (χ0) is 27.0. The number of aryl methyl sites for hydroxylation is 1. The predicted molar refractivity (Wildman–Crippen MR) is 126 cm³/mol. The Bertz CT molecular complexity index is 1550. The maximum Gasteiger partial charge on any atom is 0.416 e. The molecule has 37 heavy (non-hydrogen) atoms. The van der Waals surface area contributed by atoms with Crippen LogP contribution in [0.1, 0.15) is 24.6 Å². The minimum atomic E-state index is -4.45. The summed E-state index contributed by atoms with van der Waals surface area (Å²) in [6.07, 6.45) is -3.08. The fourth-order valence-corrected chi connectivity index (χ4v) is 4.94. The summed E-state index contributed by atoms with van der Waals surface area (Å²) in [6, 6.07) is 9.85. The molecule has 7 nitrogen and oxygen atoms in total. The Morgan fingerprint density at radius 3 is 2.43 bits per heavy atom. The van der Waals surface area contributed by atoms with Gasteiger partial charge in [0.2, 0.25) is 5.09 Å². The molecule has 0 radical (unpaired) electrons. The van der Waals surface area contributed by atoms with Gasteiger partial charge in [-0.05, 0) is 49.7 Å². The molecule has 0 unspecified atom stereocenters. The molecule has 4 aromatic rings. The number of hydrogen-bond acceptors (Lipinski definition) is 6. The number of carbonyl (C=O) groups is 1. The van der Waals surface area contributed by atoms with Crippen LogP contribution in [0.5, 0.6) is 0 Å². The lowest BCUT2D eigenvalue weighted by Gasteiger charge is -2.22. The lowest BCUT2D eigenvalue weighted by Crippen LogP contribution is -2.40. The van der Waals surface area contributed by atoms with E-state index in [1.165, 1.54) is 44.6 Å². The number of ketones is 1. The van der Waals surface area contributed by atoms with E-state index in [4.69, 9.17) is 4.42 Å². The lowest BCUT2D eigenvalue weighted by atomic mass is 10.1. The summed E-state index contributed by atoms with van der Waals surface area (Å²) in [4.78, 5) is 21.0. The molecule has 0 amide bonds. The summed E-state index contributed by atoms with van der Waals surface area (Å²) in [7, 11) is -2.93. The largest absolute Gasteiger partial charge is 0.443 e. The van der Waals surface area contributed by atoms with Gasteiger partial charge in [0.05, 0.1) is 17.3 Å². The van der Waals surface area contributed by atoms with E-state index in [1.54, 1.807) is 6.07 Å². The van der Waals surface area contributed by atoms with Crippen LogP contribution in [-0.2, 0) is 27.4 Å². The highest BCUT2D eigenvalue weighted by Crippen LogP contribution is 2.31. The van der Waals surface area contributed by atoms with Gasteiger partial charge in [-0.2, -0.15) is 17.5 Å². The number of likely N-dealkylation sites (N-methyl/N-ethyl adjacent to an activating group) is 1. The van der Waals surface area contributed by atoms with Crippen LogP contribution in [0, 0.1) is 5.82 Å². The number of fused-ring (bicyclic) bond motifs is 1. The Morgan fingerprint density at radius 2 is 1.76 bits per heavy atom. The van der Waals surface area contributed by atoms with Crippen molar-refractivity contribution in [3.8, 4) is 11.3 Å². The Morgan fingerprint density at radius 1 is 1.05 bits per heavy atom. The third-order valence-corrected chi connectivity index (χ3v) is 7.74. The molecule has 0 saturated carbocycles. The molecule has 4 rings (SSSR count). The molecular weight excluding hydrogens is 514 g/mol. The number of halogens is 4. The Balaban J connectivity index is 1.43. The zero-order valence-corrected chi connectivity index (χ0v) is 20.5. The van der Waals surface area contributed by atoms with Gasteiger partial charge in [-0.15, -0.1) is 0 Å². The van der Waals surface area contributed by atoms with Crippen LogP contribution in [0.2, 0.25) is 0 Å². The summed E-state index contributed by atoms with van der Waals surface area (Å²) in [5.41, 5.74) is 0.724. The topological polar surface area (TPSA) is 93.4 Å². The van der Waals surface area contributed by atoms with Gasteiger partial charge in [0.15, 0.2) is 5.78 Å². The number of carbonyl (C=O) groups excluding carboxylic acids is 1. The van der Waals surface area contributed by atoms with E-state index in [2.05, 4.69) is 9.97 Å². The molecule has 0 N–H and O–H groups in total. The van der Waals surface area contributed by atoms with Crippen LogP contribution in [-0.4, -0.2) is 41.6 Å². The average molecular weight is 536 g/mol. The minimum absolute atomic E-state index is 0.0458. The van der Waals surface area contributed by atoms with Gasteiger partial charge < -0.3 is 4.42 Å². The monoisotopic (exact) mass is 535 g/mol. The van der Waals surface area contributed by atoms with Crippen molar-refractivity contribution >= 4 is 26.8 Å². The maximum atomic E-state index is 13.4. The molecule has 12 heteroatoms.